The van der Waals surface area contributed by atoms with Gasteiger partial charge in [0.25, 0.3) is 0 Å². The number of halogens is 3. The zero-order valence-electron chi connectivity index (χ0n) is 11.2. The summed E-state index contributed by atoms with van der Waals surface area (Å²) in [6.45, 7) is 0. The van der Waals surface area contributed by atoms with Crippen LogP contribution in [0.5, 0.6) is 0 Å². The van der Waals surface area contributed by atoms with Crippen molar-refractivity contribution in [1.82, 2.24) is 9.97 Å². The SMILES string of the molecule is O[C@H](c1ccccn1)c1ccnc2c(C(F)(F)F)cccc12. The predicted octanol–water partition coefficient (Wildman–Crippen LogP) is 3.73. The van der Waals surface area contributed by atoms with Gasteiger partial charge in [-0.25, -0.2) is 0 Å². The summed E-state index contributed by atoms with van der Waals surface area (Å²) in [5.74, 6) is 0. The summed E-state index contributed by atoms with van der Waals surface area (Å²) in [5, 5.41) is 10.7. The van der Waals surface area contributed by atoms with Gasteiger partial charge < -0.3 is 5.11 Å². The maximum Gasteiger partial charge on any atom is 0.418 e. The van der Waals surface area contributed by atoms with Crippen LogP contribution in [0, 0.1) is 0 Å². The van der Waals surface area contributed by atoms with Crippen molar-refractivity contribution in [2.75, 3.05) is 0 Å². The van der Waals surface area contributed by atoms with Gasteiger partial charge in [0.05, 0.1) is 16.8 Å². The van der Waals surface area contributed by atoms with Crippen LogP contribution in [0.15, 0.2) is 54.9 Å². The average molecular weight is 304 g/mol. The maximum absolute atomic E-state index is 13.1. The van der Waals surface area contributed by atoms with Gasteiger partial charge in [0.2, 0.25) is 0 Å². The lowest BCUT2D eigenvalue weighted by Crippen LogP contribution is -2.08. The van der Waals surface area contributed by atoms with Crippen molar-refractivity contribution in [3.05, 3.63) is 71.7 Å². The van der Waals surface area contributed by atoms with Crippen LogP contribution in [0.25, 0.3) is 10.9 Å². The fraction of sp³-hybridized carbons (Fsp3) is 0.125. The molecule has 0 spiro atoms. The van der Waals surface area contributed by atoms with Crippen LogP contribution in [0.2, 0.25) is 0 Å². The molecule has 0 fully saturated rings. The molecule has 2 heterocycles. The number of fused-ring (bicyclic) bond motifs is 1. The van der Waals surface area contributed by atoms with Gasteiger partial charge in [-0.1, -0.05) is 18.2 Å². The Morgan fingerprint density at radius 1 is 0.909 bits per heavy atom. The first kappa shape index (κ1) is 14.5. The first-order valence-corrected chi connectivity index (χ1v) is 6.52. The topological polar surface area (TPSA) is 46.0 Å². The summed E-state index contributed by atoms with van der Waals surface area (Å²) < 4.78 is 39.2. The van der Waals surface area contributed by atoms with Crippen molar-refractivity contribution < 1.29 is 18.3 Å². The Balaban J connectivity index is 2.20. The van der Waals surface area contributed by atoms with E-state index in [1.807, 2.05) is 0 Å². The number of aliphatic hydroxyl groups excluding tert-OH is 1. The largest absolute Gasteiger partial charge is 0.418 e. The number of rotatable bonds is 2. The van der Waals surface area contributed by atoms with Crippen molar-refractivity contribution in [2.24, 2.45) is 0 Å². The Morgan fingerprint density at radius 2 is 1.73 bits per heavy atom. The van der Waals surface area contributed by atoms with E-state index >= 15 is 0 Å². The fourth-order valence-electron chi connectivity index (χ4n) is 2.36. The second kappa shape index (κ2) is 5.38. The van der Waals surface area contributed by atoms with Crippen molar-refractivity contribution in [1.29, 1.82) is 0 Å². The number of hydrogen-bond donors (Lipinski definition) is 1. The highest BCUT2D eigenvalue weighted by Crippen LogP contribution is 2.36. The molecule has 0 bridgehead atoms. The molecule has 0 unspecified atom stereocenters. The lowest BCUT2D eigenvalue weighted by molar-refractivity contribution is -0.136. The fourth-order valence-corrected chi connectivity index (χ4v) is 2.36. The Hall–Kier alpha value is -2.47. The number of benzene rings is 1. The summed E-state index contributed by atoms with van der Waals surface area (Å²) in [7, 11) is 0. The van der Waals surface area contributed by atoms with Gasteiger partial charge in [0, 0.05) is 17.8 Å². The molecule has 3 aromatic rings. The lowest BCUT2D eigenvalue weighted by Gasteiger charge is -2.15. The molecule has 1 N–H and O–H groups in total. The zero-order valence-corrected chi connectivity index (χ0v) is 11.2. The molecule has 2 aromatic heterocycles. The van der Waals surface area contributed by atoms with Gasteiger partial charge in [-0.3, -0.25) is 9.97 Å². The third-order valence-corrected chi connectivity index (χ3v) is 3.37. The second-order valence-corrected chi connectivity index (χ2v) is 4.76. The quantitative estimate of drug-likeness (QED) is 0.784. The van der Waals surface area contributed by atoms with E-state index in [2.05, 4.69) is 9.97 Å². The van der Waals surface area contributed by atoms with E-state index < -0.39 is 17.8 Å². The van der Waals surface area contributed by atoms with E-state index in [0.717, 1.165) is 6.07 Å². The molecule has 6 heteroatoms. The van der Waals surface area contributed by atoms with Crippen LogP contribution in [0.3, 0.4) is 0 Å². The maximum atomic E-state index is 13.1. The Labute approximate surface area is 124 Å². The molecular weight excluding hydrogens is 293 g/mol. The minimum atomic E-state index is -4.50. The predicted molar refractivity (Wildman–Crippen MR) is 75.0 cm³/mol. The third-order valence-electron chi connectivity index (χ3n) is 3.37. The Morgan fingerprint density at radius 3 is 2.41 bits per heavy atom. The molecule has 3 nitrogen and oxygen atoms in total. The molecule has 22 heavy (non-hydrogen) atoms. The number of alkyl halides is 3. The molecule has 0 saturated carbocycles. The van der Waals surface area contributed by atoms with Gasteiger partial charge >= 0.3 is 6.18 Å². The van der Waals surface area contributed by atoms with E-state index in [-0.39, 0.29) is 10.9 Å². The number of nitrogens with zero attached hydrogens (tertiary/aromatic N) is 2. The molecule has 1 atom stereocenters. The average Bonchev–Trinajstić information content (AvgIpc) is 2.53. The van der Waals surface area contributed by atoms with E-state index in [9.17, 15) is 18.3 Å². The minimum Gasteiger partial charge on any atom is -0.382 e. The molecular formula is C16H11F3N2O. The summed E-state index contributed by atoms with van der Waals surface area (Å²) in [4.78, 5) is 7.87. The van der Waals surface area contributed by atoms with E-state index in [1.165, 1.54) is 30.6 Å². The van der Waals surface area contributed by atoms with E-state index in [1.54, 1.807) is 18.2 Å². The van der Waals surface area contributed by atoms with Crippen LogP contribution in [0.4, 0.5) is 13.2 Å². The minimum absolute atomic E-state index is 0.178. The highest BCUT2D eigenvalue weighted by Gasteiger charge is 2.33. The molecule has 1 aromatic carbocycles. The summed E-state index contributed by atoms with van der Waals surface area (Å²) in [6.07, 6.45) is -2.83. The highest BCUT2D eigenvalue weighted by molar-refractivity contribution is 5.86. The molecule has 3 rings (SSSR count). The third kappa shape index (κ3) is 2.53. The normalized spacial score (nSPS) is 13.3. The molecule has 0 amide bonds. The summed E-state index contributed by atoms with van der Waals surface area (Å²) >= 11 is 0. The van der Waals surface area contributed by atoms with Crippen LogP contribution in [-0.2, 0) is 6.18 Å². The number of aromatic nitrogens is 2. The summed E-state index contributed by atoms with van der Waals surface area (Å²) in [5.41, 5.74) is -0.287. The van der Waals surface area contributed by atoms with Crippen LogP contribution < -0.4 is 0 Å². The lowest BCUT2D eigenvalue weighted by atomic mass is 9.99. The van der Waals surface area contributed by atoms with E-state index in [4.69, 9.17) is 0 Å². The van der Waals surface area contributed by atoms with Crippen molar-refractivity contribution in [3.63, 3.8) is 0 Å². The number of para-hydroxylation sites is 1. The Kier molecular flexibility index (Phi) is 3.54. The van der Waals surface area contributed by atoms with Gasteiger partial charge in [0.1, 0.15) is 6.10 Å². The van der Waals surface area contributed by atoms with Gasteiger partial charge in [0.15, 0.2) is 0 Å². The van der Waals surface area contributed by atoms with Crippen molar-refractivity contribution in [3.8, 4) is 0 Å². The van der Waals surface area contributed by atoms with Gasteiger partial charge in [-0.05, 0) is 29.8 Å². The zero-order chi connectivity index (χ0) is 15.7. The molecule has 0 saturated heterocycles. The standard InChI is InChI=1S/C16H11F3N2O/c17-16(18,19)12-5-3-4-10-11(7-9-21-14(10)12)15(22)13-6-1-2-8-20-13/h1-9,15,22H/t15-/m0/s1. The van der Waals surface area contributed by atoms with Crippen molar-refractivity contribution >= 4 is 10.9 Å². The molecule has 0 aliphatic rings. The first-order valence-electron chi connectivity index (χ1n) is 6.52. The molecule has 112 valence electrons. The van der Waals surface area contributed by atoms with Crippen LogP contribution >= 0.6 is 0 Å². The van der Waals surface area contributed by atoms with Crippen molar-refractivity contribution in [2.45, 2.75) is 12.3 Å². The van der Waals surface area contributed by atoms with Gasteiger partial charge in [-0.2, -0.15) is 13.2 Å². The second-order valence-electron chi connectivity index (χ2n) is 4.76. The van der Waals surface area contributed by atoms with Gasteiger partial charge in [-0.15, -0.1) is 0 Å². The number of pyridine rings is 2. The summed E-state index contributed by atoms with van der Waals surface area (Å²) in [6, 6.07) is 10.3. The van der Waals surface area contributed by atoms with Crippen LogP contribution in [-0.4, -0.2) is 15.1 Å². The molecule has 0 aliphatic heterocycles. The first-order chi connectivity index (χ1) is 10.5. The highest BCUT2D eigenvalue weighted by atomic mass is 19.4. The Bertz CT molecular complexity index is 803. The monoisotopic (exact) mass is 304 g/mol. The number of aliphatic hydroxyl groups is 1. The smallest absolute Gasteiger partial charge is 0.382 e. The molecule has 0 radical (unpaired) electrons. The van der Waals surface area contributed by atoms with E-state index in [0.29, 0.717) is 11.3 Å². The number of hydrogen-bond acceptors (Lipinski definition) is 3. The van der Waals surface area contributed by atoms with Crippen LogP contribution in [0.1, 0.15) is 22.9 Å². The molecule has 0 aliphatic carbocycles.